The molecule has 2 saturated carbocycles. The molecule has 6 atom stereocenters. The van der Waals surface area contributed by atoms with Crippen LogP contribution in [0.2, 0.25) is 0 Å². The third kappa shape index (κ3) is 3.37. The molecule has 2 fully saturated rings. The number of fused-ring (bicyclic) bond motifs is 1. The summed E-state index contributed by atoms with van der Waals surface area (Å²) in [6, 6.07) is 0. The van der Waals surface area contributed by atoms with E-state index in [-0.39, 0.29) is 12.0 Å². The fourth-order valence-electron chi connectivity index (χ4n) is 4.76. The molecular weight excluding hydrogens is 260 g/mol. The smallest absolute Gasteiger partial charge is 0.0651 e. The normalized spacial score (nSPS) is 40.2. The minimum atomic E-state index is -0.653. The predicted octanol–water partition coefficient (Wildman–Crippen LogP) is 4.16. The zero-order valence-electron chi connectivity index (χ0n) is 14.5. The lowest BCUT2D eigenvalue weighted by atomic mass is 9.62. The molecule has 0 aromatic rings. The fourth-order valence-corrected chi connectivity index (χ4v) is 4.76. The number of rotatable bonds is 4. The van der Waals surface area contributed by atoms with Gasteiger partial charge < -0.3 is 10.2 Å². The van der Waals surface area contributed by atoms with Gasteiger partial charge in [-0.1, -0.05) is 39.3 Å². The highest BCUT2D eigenvalue weighted by atomic mass is 16.3. The van der Waals surface area contributed by atoms with Gasteiger partial charge in [-0.05, 0) is 62.7 Å². The molecule has 2 aliphatic carbocycles. The molecule has 122 valence electrons. The Bertz CT molecular complexity index is 382. The Labute approximate surface area is 130 Å². The van der Waals surface area contributed by atoms with Gasteiger partial charge in [0.25, 0.3) is 0 Å². The van der Waals surface area contributed by atoms with Crippen molar-refractivity contribution in [1.82, 2.24) is 0 Å². The number of aliphatic hydroxyl groups is 2. The van der Waals surface area contributed by atoms with Gasteiger partial charge in [-0.3, -0.25) is 0 Å². The van der Waals surface area contributed by atoms with Gasteiger partial charge in [0.2, 0.25) is 0 Å². The van der Waals surface area contributed by atoms with Crippen molar-refractivity contribution in [2.24, 2.45) is 29.1 Å². The lowest BCUT2D eigenvalue weighted by Gasteiger charge is -2.44. The Morgan fingerprint density at radius 3 is 2.43 bits per heavy atom. The number of hydrogen-bond donors (Lipinski definition) is 2. The van der Waals surface area contributed by atoms with Gasteiger partial charge in [0.1, 0.15) is 0 Å². The van der Waals surface area contributed by atoms with E-state index in [0.29, 0.717) is 23.2 Å². The Hall–Kier alpha value is -0.340. The summed E-state index contributed by atoms with van der Waals surface area (Å²) in [6.45, 7) is 10.5. The molecule has 2 nitrogen and oxygen atoms in total. The van der Waals surface area contributed by atoms with E-state index in [0.717, 1.165) is 6.42 Å². The molecule has 0 aromatic carbocycles. The van der Waals surface area contributed by atoms with E-state index in [4.69, 9.17) is 0 Å². The summed E-state index contributed by atoms with van der Waals surface area (Å²) in [5, 5.41) is 20.4. The van der Waals surface area contributed by atoms with Crippen LogP contribution < -0.4 is 0 Å². The molecule has 0 aromatic heterocycles. The minimum Gasteiger partial charge on any atom is -0.393 e. The van der Waals surface area contributed by atoms with Crippen LogP contribution in [-0.2, 0) is 0 Å². The van der Waals surface area contributed by atoms with E-state index in [1.807, 2.05) is 13.8 Å². The first kappa shape index (κ1) is 17.0. The zero-order chi connectivity index (χ0) is 15.8. The molecule has 0 spiro atoms. The van der Waals surface area contributed by atoms with Crippen molar-refractivity contribution >= 4 is 0 Å². The van der Waals surface area contributed by atoms with Crippen molar-refractivity contribution in [3.8, 4) is 0 Å². The van der Waals surface area contributed by atoms with Crippen molar-refractivity contribution in [1.29, 1.82) is 0 Å². The van der Waals surface area contributed by atoms with Gasteiger partial charge in [-0.25, -0.2) is 0 Å². The maximum Gasteiger partial charge on any atom is 0.0651 e. The SMILES string of the molecule is C[C@H](C=C[C@H](C)C(C)(C)O)[C@H]1CC[C@H]2[C@@H](O)CCC[C@]12C. The lowest BCUT2D eigenvalue weighted by Crippen LogP contribution is -2.41. The molecule has 2 heteroatoms. The molecule has 0 saturated heterocycles. The maximum atomic E-state index is 10.3. The van der Waals surface area contributed by atoms with Crippen molar-refractivity contribution in [2.75, 3.05) is 0 Å². The first-order valence-electron chi connectivity index (χ1n) is 8.75. The van der Waals surface area contributed by atoms with Crippen LogP contribution in [0.15, 0.2) is 12.2 Å². The van der Waals surface area contributed by atoms with Gasteiger partial charge in [-0.2, -0.15) is 0 Å². The van der Waals surface area contributed by atoms with Gasteiger partial charge >= 0.3 is 0 Å². The summed E-state index contributed by atoms with van der Waals surface area (Å²) < 4.78 is 0. The summed E-state index contributed by atoms with van der Waals surface area (Å²) >= 11 is 0. The fraction of sp³-hybridized carbons (Fsp3) is 0.895. The van der Waals surface area contributed by atoms with Crippen molar-refractivity contribution in [3.63, 3.8) is 0 Å². The van der Waals surface area contributed by atoms with Gasteiger partial charge in [0.15, 0.2) is 0 Å². The summed E-state index contributed by atoms with van der Waals surface area (Å²) in [5.41, 5.74) is -0.348. The molecule has 2 N–H and O–H groups in total. The van der Waals surface area contributed by atoms with Crippen LogP contribution in [0.25, 0.3) is 0 Å². The van der Waals surface area contributed by atoms with Crippen molar-refractivity contribution < 1.29 is 10.2 Å². The topological polar surface area (TPSA) is 40.5 Å². The molecule has 0 heterocycles. The van der Waals surface area contributed by atoms with Crippen LogP contribution in [0.4, 0.5) is 0 Å². The van der Waals surface area contributed by atoms with E-state index < -0.39 is 5.60 Å². The van der Waals surface area contributed by atoms with Gasteiger partial charge in [-0.15, -0.1) is 0 Å². The molecule has 0 unspecified atom stereocenters. The van der Waals surface area contributed by atoms with E-state index in [9.17, 15) is 10.2 Å². The molecular formula is C19H34O2. The highest BCUT2D eigenvalue weighted by molar-refractivity contribution is 5.06. The Morgan fingerprint density at radius 2 is 1.81 bits per heavy atom. The first-order chi connectivity index (χ1) is 9.66. The quantitative estimate of drug-likeness (QED) is 0.764. The Morgan fingerprint density at radius 1 is 1.14 bits per heavy atom. The first-order valence-corrected chi connectivity index (χ1v) is 8.75. The third-order valence-corrected chi connectivity index (χ3v) is 6.61. The lowest BCUT2D eigenvalue weighted by molar-refractivity contribution is -0.0232. The molecule has 0 aliphatic heterocycles. The largest absolute Gasteiger partial charge is 0.393 e. The second kappa shape index (κ2) is 6.04. The molecule has 2 aliphatic rings. The summed E-state index contributed by atoms with van der Waals surface area (Å²) in [6.07, 6.45) is 10.2. The van der Waals surface area contributed by atoms with Crippen LogP contribution in [-0.4, -0.2) is 21.9 Å². The summed E-state index contributed by atoms with van der Waals surface area (Å²) in [5.74, 6) is 1.86. The van der Waals surface area contributed by atoms with E-state index in [1.165, 1.54) is 25.7 Å². The van der Waals surface area contributed by atoms with Gasteiger partial charge in [0, 0.05) is 5.92 Å². The number of allylic oxidation sites excluding steroid dienone is 1. The minimum absolute atomic E-state index is 0.0831. The van der Waals surface area contributed by atoms with Crippen LogP contribution in [0.5, 0.6) is 0 Å². The van der Waals surface area contributed by atoms with Crippen molar-refractivity contribution in [3.05, 3.63) is 12.2 Å². The van der Waals surface area contributed by atoms with E-state index in [1.54, 1.807) is 0 Å². The van der Waals surface area contributed by atoms with Crippen LogP contribution in [0.1, 0.15) is 66.7 Å². The number of aliphatic hydroxyl groups excluding tert-OH is 1. The zero-order valence-corrected chi connectivity index (χ0v) is 14.5. The highest BCUT2D eigenvalue weighted by Gasteiger charge is 2.51. The maximum absolute atomic E-state index is 10.3. The van der Waals surface area contributed by atoms with E-state index >= 15 is 0 Å². The van der Waals surface area contributed by atoms with Crippen molar-refractivity contribution in [2.45, 2.75) is 78.4 Å². The average molecular weight is 294 g/mol. The molecule has 0 radical (unpaired) electrons. The molecule has 0 amide bonds. The number of hydrogen-bond acceptors (Lipinski definition) is 2. The summed E-state index contributed by atoms with van der Waals surface area (Å²) in [7, 11) is 0. The second-order valence-electron chi connectivity index (χ2n) is 8.44. The summed E-state index contributed by atoms with van der Waals surface area (Å²) in [4.78, 5) is 0. The molecule has 21 heavy (non-hydrogen) atoms. The van der Waals surface area contributed by atoms with Gasteiger partial charge in [0.05, 0.1) is 11.7 Å². The average Bonchev–Trinajstić information content (AvgIpc) is 2.73. The highest BCUT2D eigenvalue weighted by Crippen LogP contribution is 2.57. The van der Waals surface area contributed by atoms with Crippen LogP contribution in [0, 0.1) is 29.1 Å². The van der Waals surface area contributed by atoms with Crippen LogP contribution >= 0.6 is 0 Å². The monoisotopic (exact) mass is 294 g/mol. The third-order valence-electron chi connectivity index (χ3n) is 6.61. The van der Waals surface area contributed by atoms with Crippen LogP contribution in [0.3, 0.4) is 0 Å². The second-order valence-corrected chi connectivity index (χ2v) is 8.44. The molecule has 0 bridgehead atoms. The Balaban J connectivity index is 2.06. The standard InChI is InChI=1S/C19H34O2/c1-13(8-9-14(2)18(3,4)21)15-10-11-16-17(20)7-6-12-19(15,16)5/h8-9,13-17,20-21H,6-7,10-12H2,1-5H3/t13-,14+,15-,16+,17+,19-/m1/s1. The Kier molecular flexibility index (Phi) is 4.90. The molecule has 2 rings (SSSR count). The van der Waals surface area contributed by atoms with E-state index in [2.05, 4.69) is 32.9 Å². The predicted molar refractivity (Wildman–Crippen MR) is 87.9 cm³/mol.